The molecule has 1 amide bonds. The molecule has 0 aromatic heterocycles. The molecule has 92 valence electrons. The van der Waals surface area contributed by atoms with Crippen molar-refractivity contribution in [1.29, 1.82) is 0 Å². The quantitative estimate of drug-likeness (QED) is 0.807. The number of para-hydroxylation sites is 1. The summed E-state index contributed by atoms with van der Waals surface area (Å²) in [5.74, 6) is 0.171. The van der Waals surface area contributed by atoms with Gasteiger partial charge >= 0.3 is 0 Å². The van der Waals surface area contributed by atoms with Gasteiger partial charge in [-0.1, -0.05) is 19.1 Å². The SMILES string of the molecule is CCc1cccc2c1N(C)C(=O)C(C)(C)CN2. The van der Waals surface area contributed by atoms with Gasteiger partial charge in [-0.3, -0.25) is 4.79 Å². The highest BCUT2D eigenvalue weighted by Crippen LogP contribution is 2.36. The molecule has 1 aliphatic heterocycles. The summed E-state index contributed by atoms with van der Waals surface area (Å²) in [4.78, 5) is 14.2. The van der Waals surface area contributed by atoms with Crippen LogP contribution in [0.15, 0.2) is 18.2 Å². The Morgan fingerprint density at radius 1 is 1.41 bits per heavy atom. The summed E-state index contributed by atoms with van der Waals surface area (Å²) in [7, 11) is 1.87. The van der Waals surface area contributed by atoms with E-state index in [0.717, 1.165) is 17.8 Å². The van der Waals surface area contributed by atoms with Crippen LogP contribution in [0.2, 0.25) is 0 Å². The molecule has 2 rings (SSSR count). The molecule has 0 fully saturated rings. The highest BCUT2D eigenvalue weighted by molar-refractivity contribution is 6.02. The zero-order chi connectivity index (χ0) is 12.6. The molecule has 0 unspecified atom stereocenters. The smallest absolute Gasteiger partial charge is 0.234 e. The molecule has 0 aliphatic carbocycles. The third kappa shape index (κ3) is 1.90. The topological polar surface area (TPSA) is 32.3 Å². The number of fused-ring (bicyclic) bond motifs is 1. The third-order valence-corrected chi connectivity index (χ3v) is 3.44. The van der Waals surface area contributed by atoms with E-state index in [0.29, 0.717) is 6.54 Å². The number of hydrogen-bond acceptors (Lipinski definition) is 2. The van der Waals surface area contributed by atoms with Gasteiger partial charge in [-0.2, -0.15) is 0 Å². The van der Waals surface area contributed by atoms with Gasteiger partial charge < -0.3 is 10.2 Å². The van der Waals surface area contributed by atoms with Crippen molar-refractivity contribution in [2.24, 2.45) is 5.41 Å². The van der Waals surface area contributed by atoms with Gasteiger partial charge in [0.05, 0.1) is 16.8 Å². The van der Waals surface area contributed by atoms with E-state index in [2.05, 4.69) is 18.3 Å². The fourth-order valence-corrected chi connectivity index (χ4v) is 2.36. The second kappa shape index (κ2) is 4.06. The van der Waals surface area contributed by atoms with E-state index >= 15 is 0 Å². The number of anilines is 2. The van der Waals surface area contributed by atoms with Crippen molar-refractivity contribution in [2.45, 2.75) is 27.2 Å². The van der Waals surface area contributed by atoms with Crippen LogP contribution in [0, 0.1) is 5.41 Å². The number of aryl methyl sites for hydroxylation is 1. The van der Waals surface area contributed by atoms with Gasteiger partial charge in [0, 0.05) is 13.6 Å². The Bertz CT molecular complexity index is 452. The number of carbonyl (C=O) groups is 1. The summed E-state index contributed by atoms with van der Waals surface area (Å²) in [5, 5.41) is 3.39. The summed E-state index contributed by atoms with van der Waals surface area (Å²) < 4.78 is 0. The van der Waals surface area contributed by atoms with E-state index in [-0.39, 0.29) is 11.3 Å². The Kier molecular flexibility index (Phi) is 2.86. The van der Waals surface area contributed by atoms with Crippen molar-refractivity contribution < 1.29 is 4.79 Å². The van der Waals surface area contributed by atoms with Crippen molar-refractivity contribution in [3.63, 3.8) is 0 Å². The largest absolute Gasteiger partial charge is 0.382 e. The monoisotopic (exact) mass is 232 g/mol. The van der Waals surface area contributed by atoms with Gasteiger partial charge in [0.1, 0.15) is 0 Å². The molecule has 0 radical (unpaired) electrons. The Balaban J connectivity index is 2.56. The molecule has 0 saturated heterocycles. The number of nitrogens with one attached hydrogen (secondary N) is 1. The molecule has 17 heavy (non-hydrogen) atoms. The first-order chi connectivity index (χ1) is 7.97. The minimum atomic E-state index is -0.362. The average Bonchev–Trinajstić information content (AvgIpc) is 2.41. The Morgan fingerprint density at radius 3 is 2.76 bits per heavy atom. The first kappa shape index (κ1) is 12.0. The van der Waals surface area contributed by atoms with Gasteiger partial charge in [0.25, 0.3) is 0 Å². The highest BCUT2D eigenvalue weighted by Gasteiger charge is 2.35. The van der Waals surface area contributed by atoms with Crippen molar-refractivity contribution in [2.75, 3.05) is 23.8 Å². The maximum Gasteiger partial charge on any atom is 0.234 e. The lowest BCUT2D eigenvalue weighted by Crippen LogP contribution is -2.40. The standard InChI is InChI=1S/C14H20N2O/c1-5-10-7-6-8-11-12(10)16(4)13(17)14(2,3)9-15-11/h6-8,15H,5,9H2,1-4H3. The normalized spacial score (nSPS) is 18.4. The van der Waals surface area contributed by atoms with Crippen LogP contribution in [0.3, 0.4) is 0 Å². The lowest BCUT2D eigenvalue weighted by Gasteiger charge is -2.26. The molecule has 1 N–H and O–H groups in total. The Labute approximate surface area is 103 Å². The molecule has 0 spiro atoms. The van der Waals surface area contributed by atoms with E-state index in [1.165, 1.54) is 5.56 Å². The summed E-state index contributed by atoms with van der Waals surface area (Å²) >= 11 is 0. The molecule has 1 aromatic carbocycles. The summed E-state index contributed by atoms with van der Waals surface area (Å²) in [6.45, 7) is 6.76. The number of carbonyl (C=O) groups excluding carboxylic acids is 1. The number of hydrogen-bond donors (Lipinski definition) is 1. The van der Waals surface area contributed by atoms with Crippen molar-refractivity contribution in [1.82, 2.24) is 0 Å². The van der Waals surface area contributed by atoms with Gasteiger partial charge in [-0.15, -0.1) is 0 Å². The van der Waals surface area contributed by atoms with Crippen LogP contribution < -0.4 is 10.2 Å². The lowest BCUT2D eigenvalue weighted by molar-refractivity contribution is -0.125. The molecule has 3 nitrogen and oxygen atoms in total. The van der Waals surface area contributed by atoms with Crippen LogP contribution >= 0.6 is 0 Å². The Morgan fingerprint density at radius 2 is 2.12 bits per heavy atom. The molecule has 0 saturated carbocycles. The van der Waals surface area contributed by atoms with Gasteiger partial charge in [-0.05, 0) is 31.9 Å². The second-order valence-corrected chi connectivity index (χ2v) is 5.27. The predicted molar refractivity (Wildman–Crippen MR) is 71.5 cm³/mol. The number of benzene rings is 1. The van der Waals surface area contributed by atoms with E-state index in [1.54, 1.807) is 4.90 Å². The van der Waals surface area contributed by atoms with Gasteiger partial charge in [0.2, 0.25) is 5.91 Å². The summed E-state index contributed by atoms with van der Waals surface area (Å²) in [5.41, 5.74) is 2.94. The van der Waals surface area contributed by atoms with Crippen LogP contribution in [0.1, 0.15) is 26.3 Å². The summed E-state index contributed by atoms with van der Waals surface area (Å²) in [6, 6.07) is 6.17. The molecule has 1 aliphatic rings. The predicted octanol–water partition coefficient (Wildman–Crippen LogP) is 2.66. The van der Waals surface area contributed by atoms with E-state index in [9.17, 15) is 4.79 Å². The van der Waals surface area contributed by atoms with Crippen LogP contribution in [0.25, 0.3) is 0 Å². The molecular formula is C14H20N2O. The number of rotatable bonds is 1. The minimum absolute atomic E-state index is 0.171. The van der Waals surface area contributed by atoms with E-state index in [1.807, 2.05) is 33.0 Å². The average molecular weight is 232 g/mol. The molecule has 0 bridgehead atoms. The van der Waals surface area contributed by atoms with Crippen LogP contribution in [-0.4, -0.2) is 19.5 Å². The zero-order valence-corrected chi connectivity index (χ0v) is 11.0. The fourth-order valence-electron chi connectivity index (χ4n) is 2.36. The van der Waals surface area contributed by atoms with E-state index < -0.39 is 0 Å². The highest BCUT2D eigenvalue weighted by atomic mass is 16.2. The van der Waals surface area contributed by atoms with E-state index in [4.69, 9.17) is 0 Å². The van der Waals surface area contributed by atoms with Crippen LogP contribution in [0.5, 0.6) is 0 Å². The summed E-state index contributed by atoms with van der Waals surface area (Å²) in [6.07, 6.45) is 0.933. The van der Waals surface area contributed by atoms with Crippen molar-refractivity contribution >= 4 is 17.3 Å². The third-order valence-electron chi connectivity index (χ3n) is 3.44. The van der Waals surface area contributed by atoms with Crippen LogP contribution in [-0.2, 0) is 11.2 Å². The minimum Gasteiger partial charge on any atom is -0.382 e. The maximum absolute atomic E-state index is 12.4. The van der Waals surface area contributed by atoms with Crippen molar-refractivity contribution in [3.8, 4) is 0 Å². The molecule has 0 atom stereocenters. The maximum atomic E-state index is 12.4. The first-order valence-corrected chi connectivity index (χ1v) is 6.11. The molecule has 3 heteroatoms. The van der Waals surface area contributed by atoms with Crippen molar-refractivity contribution in [3.05, 3.63) is 23.8 Å². The van der Waals surface area contributed by atoms with Gasteiger partial charge in [-0.25, -0.2) is 0 Å². The Hall–Kier alpha value is -1.51. The lowest BCUT2D eigenvalue weighted by atomic mass is 9.92. The second-order valence-electron chi connectivity index (χ2n) is 5.27. The van der Waals surface area contributed by atoms with Gasteiger partial charge in [0.15, 0.2) is 0 Å². The first-order valence-electron chi connectivity index (χ1n) is 6.11. The molecule has 1 aromatic rings. The molecule has 1 heterocycles. The molecular weight excluding hydrogens is 212 g/mol. The number of amides is 1. The van der Waals surface area contributed by atoms with Crippen LogP contribution in [0.4, 0.5) is 11.4 Å². The zero-order valence-electron chi connectivity index (χ0n) is 11.0. The number of nitrogens with zero attached hydrogens (tertiary/aromatic N) is 1. The fraction of sp³-hybridized carbons (Fsp3) is 0.500.